The van der Waals surface area contributed by atoms with E-state index < -0.39 is 22.1 Å². The van der Waals surface area contributed by atoms with E-state index in [-0.39, 0.29) is 11.4 Å². The second kappa shape index (κ2) is 9.04. The molecule has 0 N–H and O–H groups in total. The molecule has 176 valence electrons. The van der Waals surface area contributed by atoms with Crippen LogP contribution in [0.5, 0.6) is 0 Å². The van der Waals surface area contributed by atoms with Crippen LogP contribution in [0.4, 0.5) is 10.5 Å². The maximum absolute atomic E-state index is 13.6. The van der Waals surface area contributed by atoms with Crippen LogP contribution in [0, 0.1) is 13.8 Å². The van der Waals surface area contributed by atoms with Gasteiger partial charge in [-0.2, -0.15) is 0 Å². The smallest absolute Gasteiger partial charge is 0.284 e. The van der Waals surface area contributed by atoms with Gasteiger partial charge in [0.05, 0.1) is 17.5 Å². The van der Waals surface area contributed by atoms with Gasteiger partial charge in [0.25, 0.3) is 10.0 Å². The van der Waals surface area contributed by atoms with Crippen molar-refractivity contribution in [1.82, 2.24) is 4.31 Å². The normalized spacial score (nSPS) is 16.1. The van der Waals surface area contributed by atoms with E-state index in [0.717, 1.165) is 21.0 Å². The van der Waals surface area contributed by atoms with Gasteiger partial charge in [0.15, 0.2) is 0 Å². The van der Waals surface area contributed by atoms with Crippen molar-refractivity contribution in [3.8, 4) is 11.1 Å². The first kappa shape index (κ1) is 22.9. The Bertz CT molecular complexity index is 1470. The Kier molecular flexibility index (Phi) is 5.91. The molecule has 0 saturated carbocycles. The maximum Gasteiger partial charge on any atom is 0.339 e. The van der Waals surface area contributed by atoms with Crippen LogP contribution < -0.4 is 4.90 Å². The van der Waals surface area contributed by atoms with Crippen molar-refractivity contribution >= 4 is 21.7 Å². The van der Waals surface area contributed by atoms with Crippen molar-refractivity contribution < 1.29 is 13.2 Å². The minimum absolute atomic E-state index is 0.0355. The first-order chi connectivity index (χ1) is 16.9. The van der Waals surface area contributed by atoms with E-state index in [4.69, 9.17) is 0 Å². The highest BCUT2D eigenvalue weighted by molar-refractivity contribution is 7.89. The number of rotatable bonds is 5. The van der Waals surface area contributed by atoms with Gasteiger partial charge in [0.2, 0.25) is 0 Å². The van der Waals surface area contributed by atoms with Gasteiger partial charge in [-0.25, -0.2) is 17.5 Å². The molecule has 1 fully saturated rings. The van der Waals surface area contributed by atoms with Crippen LogP contribution in [0.1, 0.15) is 22.7 Å². The number of anilines is 1. The molecule has 0 radical (unpaired) electrons. The average molecular weight is 483 g/mol. The molecule has 35 heavy (non-hydrogen) atoms. The Morgan fingerprint density at radius 2 is 1.40 bits per heavy atom. The molecule has 6 heteroatoms. The van der Waals surface area contributed by atoms with E-state index in [1.807, 2.05) is 54.6 Å². The molecule has 0 bridgehead atoms. The Morgan fingerprint density at radius 3 is 2.06 bits per heavy atom. The largest absolute Gasteiger partial charge is 0.339 e. The summed E-state index contributed by atoms with van der Waals surface area (Å²) >= 11 is 0. The fourth-order valence-electron chi connectivity index (χ4n) is 4.56. The van der Waals surface area contributed by atoms with Crippen molar-refractivity contribution in [1.29, 1.82) is 0 Å². The van der Waals surface area contributed by atoms with Gasteiger partial charge in [-0.3, -0.25) is 4.90 Å². The van der Waals surface area contributed by atoms with Crippen LogP contribution in [0.25, 0.3) is 11.1 Å². The van der Waals surface area contributed by atoms with Crippen LogP contribution in [0.3, 0.4) is 0 Å². The van der Waals surface area contributed by atoms with Crippen LogP contribution in [0.2, 0.25) is 0 Å². The summed E-state index contributed by atoms with van der Waals surface area (Å²) < 4.78 is 27.8. The summed E-state index contributed by atoms with van der Waals surface area (Å²) in [7, 11) is -3.99. The van der Waals surface area contributed by atoms with Crippen LogP contribution in [-0.2, 0) is 10.0 Å². The molecule has 1 aliphatic heterocycles. The van der Waals surface area contributed by atoms with Gasteiger partial charge in [0.1, 0.15) is 0 Å². The van der Waals surface area contributed by atoms with Crippen molar-refractivity contribution in [3.05, 3.63) is 120 Å². The fraction of sp³-hybridized carbons (Fsp3) is 0.138. The molecule has 1 saturated heterocycles. The number of aryl methyl sites for hydroxylation is 2. The fourth-order valence-corrected chi connectivity index (χ4v) is 5.94. The monoisotopic (exact) mass is 482 g/mol. The Morgan fingerprint density at radius 1 is 0.771 bits per heavy atom. The van der Waals surface area contributed by atoms with Crippen molar-refractivity contribution in [2.75, 3.05) is 11.4 Å². The number of urea groups is 1. The quantitative estimate of drug-likeness (QED) is 0.333. The van der Waals surface area contributed by atoms with Gasteiger partial charge in [-0.1, -0.05) is 84.4 Å². The number of para-hydroxylation sites is 1. The minimum Gasteiger partial charge on any atom is -0.284 e. The van der Waals surface area contributed by atoms with Crippen molar-refractivity contribution in [3.63, 3.8) is 0 Å². The maximum atomic E-state index is 13.6. The van der Waals surface area contributed by atoms with E-state index in [2.05, 4.69) is 32.0 Å². The van der Waals surface area contributed by atoms with E-state index in [1.54, 1.807) is 23.1 Å². The molecule has 4 aromatic rings. The second-order valence-corrected chi connectivity index (χ2v) is 10.7. The van der Waals surface area contributed by atoms with Crippen molar-refractivity contribution in [2.24, 2.45) is 0 Å². The predicted octanol–water partition coefficient (Wildman–Crippen LogP) is 6.34. The zero-order chi connectivity index (χ0) is 24.6. The molecular weight excluding hydrogens is 456 g/mol. The molecule has 2 amide bonds. The molecule has 1 heterocycles. The van der Waals surface area contributed by atoms with Gasteiger partial charge >= 0.3 is 6.03 Å². The molecule has 0 spiro atoms. The third kappa shape index (κ3) is 4.21. The van der Waals surface area contributed by atoms with Gasteiger partial charge in [-0.15, -0.1) is 0 Å². The molecule has 1 unspecified atom stereocenters. The first-order valence-corrected chi connectivity index (χ1v) is 12.9. The van der Waals surface area contributed by atoms with Crippen LogP contribution in [0.15, 0.2) is 108 Å². The van der Waals surface area contributed by atoms with E-state index in [0.29, 0.717) is 5.69 Å². The van der Waals surface area contributed by atoms with Gasteiger partial charge in [0, 0.05) is 5.69 Å². The van der Waals surface area contributed by atoms with Gasteiger partial charge < -0.3 is 0 Å². The van der Waals surface area contributed by atoms with Crippen LogP contribution in [-0.4, -0.2) is 25.3 Å². The third-order valence-corrected chi connectivity index (χ3v) is 8.19. The summed E-state index contributed by atoms with van der Waals surface area (Å²) in [6.07, 6.45) is 0. The number of hydrogen-bond donors (Lipinski definition) is 0. The van der Waals surface area contributed by atoms with E-state index >= 15 is 0 Å². The molecular formula is C29H26N2O3S. The number of carbonyl (C=O) groups excluding carboxylic acids is 1. The lowest BCUT2D eigenvalue weighted by molar-refractivity contribution is 0.239. The molecule has 1 aliphatic rings. The lowest BCUT2D eigenvalue weighted by Gasteiger charge is -2.23. The molecule has 0 aromatic heterocycles. The lowest BCUT2D eigenvalue weighted by Crippen LogP contribution is -2.36. The Balaban J connectivity index is 1.55. The Hall–Kier alpha value is -3.90. The average Bonchev–Trinajstić information content (AvgIpc) is 3.24. The number of carbonyl (C=O) groups is 1. The molecule has 4 aromatic carbocycles. The highest BCUT2D eigenvalue weighted by Gasteiger charge is 2.45. The number of hydrogen-bond acceptors (Lipinski definition) is 3. The summed E-state index contributed by atoms with van der Waals surface area (Å²) in [5.41, 5.74) is 6.15. The predicted molar refractivity (Wildman–Crippen MR) is 139 cm³/mol. The third-order valence-electron chi connectivity index (χ3n) is 6.43. The molecule has 5 rings (SSSR count). The van der Waals surface area contributed by atoms with E-state index in [1.165, 1.54) is 23.3 Å². The second-order valence-electron chi connectivity index (χ2n) is 8.79. The summed E-state index contributed by atoms with van der Waals surface area (Å²) in [6.45, 7) is 4.19. The topological polar surface area (TPSA) is 57.7 Å². The summed E-state index contributed by atoms with van der Waals surface area (Å²) in [5, 5.41) is 0. The molecule has 0 aliphatic carbocycles. The zero-order valence-corrected chi connectivity index (χ0v) is 20.4. The number of sulfonamides is 1. The standard InChI is InChI=1S/C29H26N2O3S/c1-21-13-14-22(2)27(19-21)23-15-17-24(18-16-23)28-20-30(35(33,34)26-11-7-4-8-12-26)29(32)31(28)25-9-5-3-6-10-25/h3-19,28H,20H2,1-2H3. The zero-order valence-electron chi connectivity index (χ0n) is 19.6. The summed E-state index contributed by atoms with van der Waals surface area (Å²) in [5.74, 6) is 0. The van der Waals surface area contributed by atoms with Crippen molar-refractivity contribution in [2.45, 2.75) is 24.8 Å². The minimum atomic E-state index is -3.99. The highest BCUT2D eigenvalue weighted by Crippen LogP contribution is 2.38. The van der Waals surface area contributed by atoms with Gasteiger partial charge in [-0.05, 0) is 60.4 Å². The molecule has 5 nitrogen and oxygen atoms in total. The van der Waals surface area contributed by atoms with E-state index in [9.17, 15) is 13.2 Å². The Labute approximate surface area is 206 Å². The number of benzene rings is 4. The first-order valence-electron chi connectivity index (χ1n) is 11.5. The summed E-state index contributed by atoms with van der Waals surface area (Å²) in [6, 6.07) is 30.7. The SMILES string of the molecule is Cc1ccc(C)c(-c2ccc(C3CN(S(=O)(=O)c4ccccc4)C(=O)N3c3ccccc3)cc2)c1. The number of nitrogens with zero attached hydrogens (tertiary/aromatic N) is 2. The number of amides is 2. The lowest BCUT2D eigenvalue weighted by atomic mass is 9.96. The van der Waals surface area contributed by atoms with Crippen LogP contribution >= 0.6 is 0 Å². The summed E-state index contributed by atoms with van der Waals surface area (Å²) in [4.78, 5) is 15.2. The highest BCUT2D eigenvalue weighted by atomic mass is 32.2. The molecule has 1 atom stereocenters.